The summed E-state index contributed by atoms with van der Waals surface area (Å²) in [4.78, 5) is 54.8. The number of H-pyrrole nitrogens is 1. The molecule has 0 aliphatic carbocycles. The molecular weight excluding hydrogens is 400 g/mol. The minimum absolute atomic E-state index is 0.00361. The molecule has 0 aliphatic heterocycles. The van der Waals surface area contributed by atoms with Gasteiger partial charge in [-0.15, -0.1) is 0 Å². The summed E-state index contributed by atoms with van der Waals surface area (Å²) in [6.07, 6.45) is 3.45. The SMILES string of the molecule is CCC(C)C(NC(=O)CN)C(=O)NC(CS)C(=O)NC(Cc1cnc[nH]1)C(=O)O. The van der Waals surface area contributed by atoms with E-state index in [9.17, 15) is 24.3 Å². The van der Waals surface area contributed by atoms with Gasteiger partial charge in [0.15, 0.2) is 0 Å². The summed E-state index contributed by atoms with van der Waals surface area (Å²) in [7, 11) is 0. The molecule has 3 amide bonds. The lowest BCUT2D eigenvalue weighted by molar-refractivity contribution is -0.142. The second-order valence-corrected chi connectivity index (χ2v) is 6.92. The van der Waals surface area contributed by atoms with Crippen molar-refractivity contribution < 1.29 is 24.3 Å². The number of nitrogens with two attached hydrogens (primary N) is 1. The molecule has 0 saturated heterocycles. The number of nitrogens with one attached hydrogen (secondary N) is 4. The first kappa shape index (κ1) is 24.4. The van der Waals surface area contributed by atoms with Crippen LogP contribution in [-0.2, 0) is 25.6 Å². The molecule has 11 nitrogen and oxygen atoms in total. The van der Waals surface area contributed by atoms with E-state index in [-0.39, 0.29) is 24.6 Å². The Labute approximate surface area is 174 Å². The molecule has 0 spiro atoms. The molecule has 1 rings (SSSR count). The van der Waals surface area contributed by atoms with Gasteiger partial charge in [-0.1, -0.05) is 20.3 Å². The number of carbonyl (C=O) groups excluding carboxylic acids is 3. The first-order valence-electron chi connectivity index (χ1n) is 9.14. The van der Waals surface area contributed by atoms with Gasteiger partial charge in [-0.3, -0.25) is 14.4 Å². The van der Waals surface area contributed by atoms with Gasteiger partial charge < -0.3 is 31.8 Å². The Bertz CT molecular complexity index is 698. The smallest absolute Gasteiger partial charge is 0.326 e. The summed E-state index contributed by atoms with van der Waals surface area (Å²) >= 11 is 4.08. The van der Waals surface area contributed by atoms with Gasteiger partial charge >= 0.3 is 5.97 Å². The molecular formula is C17H28N6O5S. The van der Waals surface area contributed by atoms with E-state index in [1.807, 2.05) is 6.92 Å². The molecule has 0 aromatic carbocycles. The maximum Gasteiger partial charge on any atom is 0.326 e. The second-order valence-electron chi connectivity index (χ2n) is 6.56. The molecule has 12 heteroatoms. The fourth-order valence-corrected chi connectivity index (χ4v) is 2.74. The lowest BCUT2D eigenvalue weighted by atomic mass is 9.98. The minimum Gasteiger partial charge on any atom is -0.480 e. The van der Waals surface area contributed by atoms with Crippen molar-refractivity contribution in [3.63, 3.8) is 0 Å². The predicted octanol–water partition coefficient (Wildman–Crippen LogP) is -1.57. The number of hydrogen-bond donors (Lipinski definition) is 7. The third-order valence-electron chi connectivity index (χ3n) is 4.41. The van der Waals surface area contributed by atoms with Crippen LogP contribution in [-0.4, -0.2) is 69.2 Å². The highest BCUT2D eigenvalue weighted by Crippen LogP contribution is 2.09. The molecule has 1 aromatic heterocycles. The average molecular weight is 429 g/mol. The van der Waals surface area contributed by atoms with E-state index < -0.39 is 41.8 Å². The third kappa shape index (κ3) is 7.74. The molecule has 0 aliphatic rings. The number of carboxylic acid groups (broad SMARTS) is 1. The minimum atomic E-state index is -1.23. The highest BCUT2D eigenvalue weighted by molar-refractivity contribution is 7.80. The molecule has 7 N–H and O–H groups in total. The number of aliphatic carboxylic acids is 1. The first-order chi connectivity index (χ1) is 13.7. The van der Waals surface area contributed by atoms with Crippen molar-refractivity contribution in [2.75, 3.05) is 12.3 Å². The van der Waals surface area contributed by atoms with Crippen LogP contribution < -0.4 is 21.7 Å². The van der Waals surface area contributed by atoms with E-state index in [2.05, 4.69) is 38.5 Å². The molecule has 0 saturated carbocycles. The molecule has 1 heterocycles. The Hall–Kier alpha value is -2.60. The number of amides is 3. The molecule has 0 bridgehead atoms. The van der Waals surface area contributed by atoms with E-state index in [0.29, 0.717) is 12.1 Å². The Morgan fingerprint density at radius 3 is 2.34 bits per heavy atom. The van der Waals surface area contributed by atoms with Gasteiger partial charge in [-0.05, 0) is 5.92 Å². The van der Waals surface area contributed by atoms with Gasteiger partial charge in [0.05, 0.1) is 12.9 Å². The van der Waals surface area contributed by atoms with Crippen LogP contribution in [0.25, 0.3) is 0 Å². The highest BCUT2D eigenvalue weighted by Gasteiger charge is 2.31. The number of nitrogens with zero attached hydrogens (tertiary/aromatic N) is 1. The van der Waals surface area contributed by atoms with Gasteiger partial charge in [0.1, 0.15) is 18.1 Å². The number of aromatic amines is 1. The second kappa shape index (κ2) is 12.1. The zero-order valence-corrected chi connectivity index (χ0v) is 17.2. The Balaban J connectivity index is 2.82. The van der Waals surface area contributed by atoms with E-state index in [1.54, 1.807) is 6.92 Å². The van der Waals surface area contributed by atoms with Crippen molar-refractivity contribution in [3.8, 4) is 0 Å². The molecule has 4 unspecified atom stereocenters. The highest BCUT2D eigenvalue weighted by atomic mass is 32.1. The zero-order valence-electron chi connectivity index (χ0n) is 16.3. The first-order valence-corrected chi connectivity index (χ1v) is 9.77. The molecule has 162 valence electrons. The van der Waals surface area contributed by atoms with Gasteiger partial charge in [0.25, 0.3) is 0 Å². The van der Waals surface area contributed by atoms with E-state index in [0.717, 1.165) is 0 Å². The van der Waals surface area contributed by atoms with Crippen LogP contribution in [0, 0.1) is 5.92 Å². The molecule has 29 heavy (non-hydrogen) atoms. The zero-order chi connectivity index (χ0) is 22.0. The van der Waals surface area contributed by atoms with Crippen molar-refractivity contribution in [3.05, 3.63) is 18.2 Å². The molecule has 0 radical (unpaired) electrons. The third-order valence-corrected chi connectivity index (χ3v) is 4.77. The van der Waals surface area contributed by atoms with Crippen molar-refractivity contribution in [2.45, 2.75) is 44.8 Å². The number of thiol groups is 1. The molecule has 4 atom stereocenters. The van der Waals surface area contributed by atoms with Crippen LogP contribution in [0.1, 0.15) is 26.0 Å². The summed E-state index contributed by atoms with van der Waals surface area (Å²) in [6.45, 7) is 3.36. The summed E-state index contributed by atoms with van der Waals surface area (Å²) in [5.74, 6) is -3.27. The summed E-state index contributed by atoms with van der Waals surface area (Å²) in [5, 5.41) is 16.8. The van der Waals surface area contributed by atoms with Gasteiger partial charge in [0, 0.05) is 24.1 Å². The van der Waals surface area contributed by atoms with Crippen molar-refractivity contribution in [2.24, 2.45) is 11.7 Å². The quantitative estimate of drug-likeness (QED) is 0.196. The monoisotopic (exact) mass is 428 g/mol. The fraction of sp³-hybridized carbons (Fsp3) is 0.588. The Morgan fingerprint density at radius 1 is 1.21 bits per heavy atom. The number of hydrogen-bond acceptors (Lipinski definition) is 7. The van der Waals surface area contributed by atoms with Crippen LogP contribution in [0.4, 0.5) is 0 Å². The van der Waals surface area contributed by atoms with E-state index >= 15 is 0 Å². The van der Waals surface area contributed by atoms with E-state index in [1.165, 1.54) is 12.5 Å². The maximum absolute atomic E-state index is 12.6. The Morgan fingerprint density at radius 2 is 1.86 bits per heavy atom. The summed E-state index contributed by atoms with van der Waals surface area (Å²) in [6, 6.07) is -3.19. The number of carboxylic acids is 1. The number of carbonyl (C=O) groups is 4. The predicted molar refractivity (Wildman–Crippen MR) is 108 cm³/mol. The lowest BCUT2D eigenvalue weighted by Crippen LogP contribution is -2.58. The van der Waals surface area contributed by atoms with Crippen LogP contribution in [0.2, 0.25) is 0 Å². The average Bonchev–Trinajstić information content (AvgIpc) is 3.21. The fourth-order valence-electron chi connectivity index (χ4n) is 2.48. The van der Waals surface area contributed by atoms with E-state index in [4.69, 9.17) is 5.73 Å². The van der Waals surface area contributed by atoms with Crippen LogP contribution in [0.5, 0.6) is 0 Å². The molecule has 0 fully saturated rings. The van der Waals surface area contributed by atoms with Crippen molar-refractivity contribution >= 4 is 36.3 Å². The van der Waals surface area contributed by atoms with Crippen LogP contribution in [0.3, 0.4) is 0 Å². The summed E-state index contributed by atoms with van der Waals surface area (Å²) in [5.41, 5.74) is 5.83. The Kier molecular flexibility index (Phi) is 10.2. The van der Waals surface area contributed by atoms with Gasteiger partial charge in [-0.25, -0.2) is 9.78 Å². The number of imidazole rings is 1. The number of aromatic nitrogens is 2. The standard InChI is InChI=1S/C17H28N6O5S/c1-3-9(2)14(23-13(24)5-18)16(26)22-12(7-29)15(25)21-11(17(27)28)4-10-6-19-8-20-10/h6,8-9,11-12,14,29H,3-5,7,18H2,1-2H3,(H,19,20)(H,21,25)(H,22,26)(H,23,24)(H,27,28). The maximum atomic E-state index is 12.6. The summed E-state index contributed by atoms with van der Waals surface area (Å²) < 4.78 is 0. The van der Waals surface area contributed by atoms with Gasteiger partial charge in [0.2, 0.25) is 17.7 Å². The largest absolute Gasteiger partial charge is 0.480 e. The van der Waals surface area contributed by atoms with Crippen LogP contribution in [0.15, 0.2) is 12.5 Å². The van der Waals surface area contributed by atoms with Crippen molar-refractivity contribution in [1.82, 2.24) is 25.9 Å². The van der Waals surface area contributed by atoms with Gasteiger partial charge in [-0.2, -0.15) is 12.6 Å². The lowest BCUT2D eigenvalue weighted by Gasteiger charge is -2.26. The topological polar surface area (TPSA) is 179 Å². The molecule has 1 aromatic rings. The number of rotatable bonds is 12. The van der Waals surface area contributed by atoms with Crippen molar-refractivity contribution in [1.29, 1.82) is 0 Å². The normalized spacial score (nSPS) is 14.9. The van der Waals surface area contributed by atoms with Crippen LogP contribution >= 0.6 is 12.6 Å².